The number of imidazole rings is 1. The van der Waals surface area contributed by atoms with Gasteiger partial charge in [-0.1, -0.05) is 0 Å². The van der Waals surface area contributed by atoms with Crippen LogP contribution in [0.2, 0.25) is 0 Å². The lowest BCUT2D eigenvalue weighted by molar-refractivity contribution is -0.142. The SMILES string of the molecule is NC(N)=NCCC[C@H](NC(=O)[C@H](CCCN=C(N)N)NC(=O)[C@@H]1CCCN1C(=O)[C@@H](N)CO)C(=O)N[C@@H](Cc1cnc[nH]1)C(=O)O. The predicted molar refractivity (Wildman–Crippen MR) is 165 cm³/mol. The largest absolute Gasteiger partial charge is 0.480 e. The molecule has 1 aliphatic rings. The number of guanidine groups is 2. The second-order valence-electron chi connectivity index (χ2n) is 10.7. The Morgan fingerprint density at radius 3 is 2.02 bits per heavy atom. The first-order valence-corrected chi connectivity index (χ1v) is 14.7. The molecule has 2 rings (SSSR count). The molecular formula is C26H45N13O7. The molecule has 1 aromatic rings. The third kappa shape index (κ3) is 12.2. The summed E-state index contributed by atoms with van der Waals surface area (Å²) in [6.07, 6.45) is 4.05. The summed E-state index contributed by atoms with van der Waals surface area (Å²) in [4.78, 5) is 80.5. The maximum absolute atomic E-state index is 13.6. The fraction of sp³-hybridized carbons (Fsp3) is 0.615. The summed E-state index contributed by atoms with van der Waals surface area (Å²) in [5.41, 5.74) is 27.7. The van der Waals surface area contributed by atoms with Crippen LogP contribution in [0.5, 0.6) is 0 Å². The van der Waals surface area contributed by atoms with Crippen molar-refractivity contribution in [3.8, 4) is 0 Å². The van der Waals surface area contributed by atoms with E-state index in [9.17, 15) is 34.2 Å². The van der Waals surface area contributed by atoms with Gasteiger partial charge in [0.1, 0.15) is 30.2 Å². The van der Waals surface area contributed by atoms with Crippen LogP contribution in [0, 0.1) is 0 Å². The van der Waals surface area contributed by atoms with E-state index in [4.69, 9.17) is 28.7 Å². The number of likely N-dealkylation sites (tertiary alicyclic amines) is 1. The Morgan fingerprint density at radius 2 is 1.52 bits per heavy atom. The molecule has 4 amide bonds. The van der Waals surface area contributed by atoms with Crippen molar-refractivity contribution in [3.05, 3.63) is 18.2 Å². The van der Waals surface area contributed by atoms with Crippen LogP contribution in [-0.4, -0.2) is 123 Å². The number of H-pyrrole nitrogens is 1. The molecule has 0 saturated carbocycles. The normalized spacial score (nSPS) is 16.7. The van der Waals surface area contributed by atoms with E-state index < -0.39 is 66.4 Å². The number of aliphatic carboxylic acids is 1. The Morgan fingerprint density at radius 1 is 0.957 bits per heavy atom. The summed E-state index contributed by atoms with van der Waals surface area (Å²) in [6.45, 7) is -0.0968. The van der Waals surface area contributed by atoms with Gasteiger partial charge in [0.25, 0.3) is 0 Å². The molecule has 5 atom stereocenters. The number of hydrogen-bond acceptors (Lipinski definition) is 10. The van der Waals surface area contributed by atoms with Gasteiger partial charge in [-0.3, -0.25) is 29.2 Å². The molecule has 0 bridgehead atoms. The van der Waals surface area contributed by atoms with E-state index in [1.165, 1.54) is 17.4 Å². The van der Waals surface area contributed by atoms with Crippen LogP contribution in [0.3, 0.4) is 0 Å². The van der Waals surface area contributed by atoms with Crippen LogP contribution in [0.25, 0.3) is 0 Å². The van der Waals surface area contributed by atoms with Gasteiger partial charge in [0.05, 0.1) is 12.9 Å². The van der Waals surface area contributed by atoms with E-state index >= 15 is 0 Å². The van der Waals surface area contributed by atoms with Crippen molar-refractivity contribution >= 4 is 41.5 Å². The minimum atomic E-state index is -1.35. The highest BCUT2D eigenvalue weighted by Gasteiger charge is 2.38. The smallest absolute Gasteiger partial charge is 0.326 e. The minimum absolute atomic E-state index is 0.0172. The summed E-state index contributed by atoms with van der Waals surface area (Å²) in [7, 11) is 0. The third-order valence-electron chi connectivity index (χ3n) is 7.10. The molecule has 0 spiro atoms. The molecule has 0 aromatic carbocycles. The molecule has 256 valence electrons. The summed E-state index contributed by atoms with van der Waals surface area (Å²) in [5, 5.41) is 26.7. The number of aromatic amines is 1. The Balaban J connectivity index is 2.25. The number of nitrogens with one attached hydrogen (secondary N) is 4. The van der Waals surface area contributed by atoms with E-state index in [1.807, 2.05) is 0 Å². The average molecular weight is 652 g/mol. The molecule has 0 aliphatic carbocycles. The number of aliphatic hydroxyl groups excluding tert-OH is 1. The highest BCUT2D eigenvalue weighted by molar-refractivity contribution is 5.95. The summed E-state index contributed by atoms with van der Waals surface area (Å²) >= 11 is 0. The van der Waals surface area contributed by atoms with Crippen molar-refractivity contribution in [3.63, 3.8) is 0 Å². The van der Waals surface area contributed by atoms with Gasteiger partial charge in [0.2, 0.25) is 23.6 Å². The van der Waals surface area contributed by atoms with Crippen molar-refractivity contribution in [2.24, 2.45) is 38.7 Å². The number of carboxylic acid groups (broad SMARTS) is 1. The number of carboxylic acids is 1. The summed E-state index contributed by atoms with van der Waals surface area (Å²) in [6, 6.07) is -5.92. The average Bonchev–Trinajstić information content (AvgIpc) is 3.71. The van der Waals surface area contributed by atoms with Crippen molar-refractivity contribution in [1.82, 2.24) is 30.8 Å². The lowest BCUT2D eigenvalue weighted by atomic mass is 10.1. The molecule has 1 saturated heterocycles. The third-order valence-corrected chi connectivity index (χ3v) is 7.10. The van der Waals surface area contributed by atoms with Crippen LogP contribution in [0.1, 0.15) is 44.2 Å². The number of nitrogens with two attached hydrogens (primary N) is 5. The Bertz CT molecular complexity index is 1230. The highest BCUT2D eigenvalue weighted by atomic mass is 16.4. The number of aliphatic imine (C=N–C) groups is 2. The molecule has 0 radical (unpaired) electrons. The van der Waals surface area contributed by atoms with Crippen molar-refractivity contribution in [1.29, 1.82) is 0 Å². The molecule has 2 heterocycles. The number of aliphatic hydroxyl groups is 1. The molecule has 1 aromatic heterocycles. The number of carbonyl (C=O) groups is 5. The van der Waals surface area contributed by atoms with Gasteiger partial charge in [0.15, 0.2) is 11.9 Å². The maximum Gasteiger partial charge on any atom is 0.326 e. The lowest BCUT2D eigenvalue weighted by Gasteiger charge is -2.28. The van der Waals surface area contributed by atoms with Crippen LogP contribution in [0.15, 0.2) is 22.5 Å². The quantitative estimate of drug-likeness (QED) is 0.0379. The number of rotatable bonds is 19. The first-order valence-electron chi connectivity index (χ1n) is 14.7. The number of amides is 4. The highest BCUT2D eigenvalue weighted by Crippen LogP contribution is 2.19. The van der Waals surface area contributed by atoms with Gasteiger partial charge in [-0.2, -0.15) is 0 Å². The van der Waals surface area contributed by atoms with Gasteiger partial charge < -0.3 is 64.7 Å². The zero-order valence-electron chi connectivity index (χ0n) is 25.4. The standard InChI is InChI=1S/C26H45N13O7/c27-15(12-40)23(44)39-9-3-6-19(39)22(43)37-17(5-2-8-34-26(30)31)20(41)36-16(4-1-7-33-25(28)29)21(42)38-18(24(45)46)10-14-11-32-13-35-14/h11,13,15-19,40H,1-10,12,27H2,(H,32,35)(H,36,41)(H,37,43)(H,38,42)(H,45,46)(H4,28,29,33)(H4,30,31,34)/t15-,16-,17-,18-,19-/m0/s1. The first kappa shape index (κ1) is 37.2. The summed E-state index contributed by atoms with van der Waals surface area (Å²) < 4.78 is 0. The van der Waals surface area contributed by atoms with Crippen molar-refractivity contribution < 1.29 is 34.2 Å². The van der Waals surface area contributed by atoms with Gasteiger partial charge in [0, 0.05) is 37.9 Å². The van der Waals surface area contributed by atoms with Gasteiger partial charge >= 0.3 is 5.97 Å². The van der Waals surface area contributed by atoms with E-state index in [2.05, 4.69) is 35.9 Å². The van der Waals surface area contributed by atoms with E-state index in [1.54, 1.807) is 0 Å². The van der Waals surface area contributed by atoms with Crippen molar-refractivity contribution in [2.45, 2.75) is 75.2 Å². The molecule has 1 aliphatic heterocycles. The molecule has 16 N–H and O–H groups in total. The van der Waals surface area contributed by atoms with E-state index in [-0.39, 0.29) is 63.7 Å². The molecule has 20 heteroatoms. The topological polar surface area (TPSA) is 349 Å². The Labute approximate surface area is 265 Å². The fourth-order valence-corrected chi connectivity index (χ4v) is 4.77. The molecule has 46 heavy (non-hydrogen) atoms. The zero-order chi connectivity index (χ0) is 34.2. The molecular weight excluding hydrogens is 606 g/mol. The van der Waals surface area contributed by atoms with Crippen LogP contribution >= 0.6 is 0 Å². The molecule has 0 unspecified atom stereocenters. The number of hydrogen-bond donors (Lipinski definition) is 11. The Kier molecular flexibility index (Phi) is 15.2. The van der Waals surface area contributed by atoms with E-state index in [0.717, 1.165) is 0 Å². The van der Waals surface area contributed by atoms with Crippen molar-refractivity contribution in [2.75, 3.05) is 26.2 Å². The second-order valence-corrected chi connectivity index (χ2v) is 10.7. The summed E-state index contributed by atoms with van der Waals surface area (Å²) in [5.74, 6) is -4.41. The zero-order valence-corrected chi connectivity index (χ0v) is 25.4. The van der Waals surface area contributed by atoms with Gasteiger partial charge in [-0.15, -0.1) is 0 Å². The molecule has 20 nitrogen and oxygen atoms in total. The maximum atomic E-state index is 13.6. The Hall–Kier alpha value is -4.98. The number of aromatic nitrogens is 2. The van der Waals surface area contributed by atoms with Gasteiger partial charge in [-0.25, -0.2) is 9.78 Å². The monoisotopic (exact) mass is 651 g/mol. The van der Waals surface area contributed by atoms with Crippen LogP contribution < -0.4 is 44.6 Å². The lowest BCUT2D eigenvalue weighted by Crippen LogP contribution is -2.58. The molecule has 1 fully saturated rings. The minimum Gasteiger partial charge on any atom is -0.480 e. The first-order chi connectivity index (χ1) is 21.8. The second kappa shape index (κ2) is 18.7. The predicted octanol–water partition coefficient (Wildman–Crippen LogP) is -5.09. The number of nitrogens with zero attached hydrogens (tertiary/aromatic N) is 4. The van der Waals surface area contributed by atoms with E-state index in [0.29, 0.717) is 18.5 Å². The van der Waals surface area contributed by atoms with Crippen LogP contribution in [-0.2, 0) is 30.4 Å². The van der Waals surface area contributed by atoms with Crippen LogP contribution in [0.4, 0.5) is 0 Å². The fourth-order valence-electron chi connectivity index (χ4n) is 4.77. The van der Waals surface area contributed by atoms with Gasteiger partial charge in [-0.05, 0) is 38.5 Å². The number of carbonyl (C=O) groups excluding carboxylic acids is 4.